The van der Waals surface area contributed by atoms with Crippen LogP contribution in [-0.2, 0) is 4.79 Å². The van der Waals surface area contributed by atoms with Crippen molar-refractivity contribution in [3.05, 3.63) is 0 Å². The SMILES string of the molecule is CCC(C)SCC(=O)CCC(C)C. The Labute approximate surface area is 86.7 Å². The molecule has 0 heterocycles. The number of hydrogen-bond acceptors (Lipinski definition) is 2. The van der Waals surface area contributed by atoms with Crippen molar-refractivity contribution in [1.82, 2.24) is 0 Å². The van der Waals surface area contributed by atoms with Gasteiger partial charge >= 0.3 is 0 Å². The minimum atomic E-state index is 0.416. The molecule has 0 rings (SSSR count). The summed E-state index contributed by atoms with van der Waals surface area (Å²) in [4.78, 5) is 11.3. The molecule has 0 amide bonds. The minimum absolute atomic E-state index is 0.416. The van der Waals surface area contributed by atoms with Crippen LogP contribution in [0.2, 0.25) is 0 Å². The van der Waals surface area contributed by atoms with Crippen LogP contribution < -0.4 is 0 Å². The quantitative estimate of drug-likeness (QED) is 0.628. The highest BCUT2D eigenvalue weighted by molar-refractivity contribution is 8.00. The molecule has 0 radical (unpaired) electrons. The van der Waals surface area contributed by atoms with Gasteiger partial charge < -0.3 is 0 Å². The summed E-state index contributed by atoms with van der Waals surface area (Å²) in [7, 11) is 0. The van der Waals surface area contributed by atoms with Crippen molar-refractivity contribution in [1.29, 1.82) is 0 Å². The van der Waals surface area contributed by atoms with Gasteiger partial charge in [-0.15, -0.1) is 0 Å². The zero-order valence-corrected chi connectivity index (χ0v) is 10.1. The number of rotatable bonds is 7. The molecule has 1 unspecified atom stereocenters. The van der Waals surface area contributed by atoms with E-state index in [1.165, 1.54) is 0 Å². The summed E-state index contributed by atoms with van der Waals surface area (Å²) >= 11 is 1.79. The molecule has 0 aromatic carbocycles. The summed E-state index contributed by atoms with van der Waals surface area (Å²) in [6, 6.07) is 0. The molecule has 0 spiro atoms. The van der Waals surface area contributed by atoms with Gasteiger partial charge in [-0.25, -0.2) is 0 Å². The van der Waals surface area contributed by atoms with Gasteiger partial charge in [0, 0.05) is 11.7 Å². The van der Waals surface area contributed by atoms with Crippen LogP contribution in [0.5, 0.6) is 0 Å². The van der Waals surface area contributed by atoms with Crippen molar-refractivity contribution >= 4 is 17.5 Å². The Morgan fingerprint density at radius 1 is 1.31 bits per heavy atom. The minimum Gasteiger partial charge on any atom is -0.299 e. The topological polar surface area (TPSA) is 17.1 Å². The zero-order chi connectivity index (χ0) is 10.3. The fourth-order valence-corrected chi connectivity index (χ4v) is 1.73. The number of hydrogen-bond donors (Lipinski definition) is 0. The van der Waals surface area contributed by atoms with Gasteiger partial charge in [0.25, 0.3) is 0 Å². The van der Waals surface area contributed by atoms with Gasteiger partial charge in [-0.1, -0.05) is 27.7 Å². The molecule has 1 nitrogen and oxygen atoms in total. The monoisotopic (exact) mass is 202 g/mol. The van der Waals surface area contributed by atoms with Crippen LogP contribution in [0.15, 0.2) is 0 Å². The van der Waals surface area contributed by atoms with Gasteiger partial charge in [0.1, 0.15) is 5.78 Å². The normalized spacial score (nSPS) is 13.3. The van der Waals surface area contributed by atoms with Crippen LogP contribution in [0.4, 0.5) is 0 Å². The van der Waals surface area contributed by atoms with Crippen LogP contribution >= 0.6 is 11.8 Å². The predicted octanol–water partition coefficient (Wildman–Crippen LogP) is 3.52. The van der Waals surface area contributed by atoms with E-state index in [2.05, 4.69) is 27.7 Å². The van der Waals surface area contributed by atoms with Crippen molar-refractivity contribution in [2.75, 3.05) is 5.75 Å². The van der Waals surface area contributed by atoms with E-state index in [4.69, 9.17) is 0 Å². The van der Waals surface area contributed by atoms with E-state index in [9.17, 15) is 4.79 Å². The van der Waals surface area contributed by atoms with Crippen molar-refractivity contribution in [3.8, 4) is 0 Å². The average Bonchev–Trinajstić information content (AvgIpc) is 2.10. The van der Waals surface area contributed by atoms with Crippen LogP contribution in [-0.4, -0.2) is 16.8 Å². The first-order valence-corrected chi connectivity index (χ1v) is 6.24. The molecule has 1 atom stereocenters. The molecule has 0 fully saturated rings. The summed E-state index contributed by atoms with van der Waals surface area (Å²) in [6.07, 6.45) is 2.96. The number of Topliss-reactive ketones (excluding diaryl/α,β-unsaturated/α-hetero) is 1. The molecular formula is C11H22OS. The van der Waals surface area contributed by atoms with Gasteiger partial charge in [0.15, 0.2) is 0 Å². The lowest BCUT2D eigenvalue weighted by Crippen LogP contribution is -2.06. The summed E-state index contributed by atoms with van der Waals surface area (Å²) in [6.45, 7) is 8.67. The number of carbonyl (C=O) groups is 1. The van der Waals surface area contributed by atoms with Gasteiger partial charge in [-0.05, 0) is 18.8 Å². The molecule has 0 aliphatic heterocycles. The van der Waals surface area contributed by atoms with E-state index in [1.54, 1.807) is 11.8 Å². The van der Waals surface area contributed by atoms with Crippen LogP contribution in [0.1, 0.15) is 47.0 Å². The lowest BCUT2D eigenvalue weighted by atomic mass is 10.1. The Morgan fingerprint density at radius 2 is 1.92 bits per heavy atom. The molecule has 0 aliphatic carbocycles. The summed E-state index contributed by atoms with van der Waals surface area (Å²) in [5, 5.41) is 0.628. The zero-order valence-electron chi connectivity index (χ0n) is 9.30. The summed E-state index contributed by atoms with van der Waals surface area (Å²) < 4.78 is 0. The first kappa shape index (κ1) is 13.0. The highest BCUT2D eigenvalue weighted by atomic mass is 32.2. The largest absolute Gasteiger partial charge is 0.299 e. The van der Waals surface area contributed by atoms with Crippen molar-refractivity contribution in [2.24, 2.45) is 5.92 Å². The third-order valence-electron chi connectivity index (χ3n) is 2.10. The maximum absolute atomic E-state index is 11.3. The van der Waals surface area contributed by atoms with Crippen LogP contribution in [0.3, 0.4) is 0 Å². The molecule has 0 aromatic heterocycles. The number of thioether (sulfide) groups is 1. The van der Waals surface area contributed by atoms with Gasteiger partial charge in [0.2, 0.25) is 0 Å². The van der Waals surface area contributed by atoms with E-state index in [1.807, 2.05) is 0 Å². The maximum atomic E-state index is 11.3. The first-order valence-electron chi connectivity index (χ1n) is 5.19. The van der Waals surface area contributed by atoms with Gasteiger partial charge in [-0.3, -0.25) is 4.79 Å². The fourth-order valence-electron chi connectivity index (χ4n) is 0.875. The molecule has 0 N–H and O–H groups in total. The van der Waals surface area contributed by atoms with E-state index in [0.717, 1.165) is 19.3 Å². The second-order valence-corrected chi connectivity index (χ2v) is 5.43. The number of carbonyl (C=O) groups excluding carboxylic acids is 1. The van der Waals surface area contributed by atoms with Gasteiger partial charge in [0.05, 0.1) is 5.75 Å². The molecule has 0 aliphatic rings. The Kier molecular flexibility index (Phi) is 7.44. The third-order valence-corrected chi connectivity index (χ3v) is 3.50. The van der Waals surface area contributed by atoms with Crippen molar-refractivity contribution in [2.45, 2.75) is 52.2 Å². The predicted molar refractivity (Wildman–Crippen MR) is 61.3 cm³/mol. The lowest BCUT2D eigenvalue weighted by Gasteiger charge is -2.07. The molecule has 0 aromatic rings. The van der Waals surface area contributed by atoms with Gasteiger partial charge in [-0.2, -0.15) is 11.8 Å². The maximum Gasteiger partial charge on any atom is 0.142 e. The summed E-state index contributed by atoms with van der Waals surface area (Å²) in [5.74, 6) is 1.78. The average molecular weight is 202 g/mol. The molecule has 0 saturated heterocycles. The third kappa shape index (κ3) is 8.35. The Balaban J connectivity index is 3.40. The van der Waals surface area contributed by atoms with Crippen LogP contribution in [0.25, 0.3) is 0 Å². The standard InChI is InChI=1S/C11H22OS/c1-5-10(4)13-8-11(12)7-6-9(2)3/h9-10H,5-8H2,1-4H3. The molecule has 0 saturated carbocycles. The Hall–Kier alpha value is 0.0200. The van der Waals surface area contributed by atoms with E-state index in [-0.39, 0.29) is 0 Å². The second kappa shape index (κ2) is 7.43. The van der Waals surface area contributed by atoms with Crippen molar-refractivity contribution in [3.63, 3.8) is 0 Å². The van der Waals surface area contributed by atoms with E-state index < -0.39 is 0 Å². The van der Waals surface area contributed by atoms with Crippen LogP contribution in [0, 0.1) is 5.92 Å². The van der Waals surface area contributed by atoms with E-state index >= 15 is 0 Å². The molecule has 2 heteroatoms. The Bertz CT molecular complexity index is 143. The molecule has 13 heavy (non-hydrogen) atoms. The highest BCUT2D eigenvalue weighted by Crippen LogP contribution is 2.15. The molecule has 78 valence electrons. The summed E-state index contributed by atoms with van der Waals surface area (Å²) in [5.41, 5.74) is 0. The highest BCUT2D eigenvalue weighted by Gasteiger charge is 2.06. The molecule has 0 bridgehead atoms. The lowest BCUT2D eigenvalue weighted by molar-refractivity contribution is -0.116. The number of ketones is 1. The fraction of sp³-hybridized carbons (Fsp3) is 0.909. The first-order chi connectivity index (χ1) is 6.06. The van der Waals surface area contributed by atoms with E-state index in [0.29, 0.717) is 22.7 Å². The Morgan fingerprint density at radius 3 is 2.38 bits per heavy atom. The van der Waals surface area contributed by atoms with Crippen molar-refractivity contribution < 1.29 is 4.79 Å². The smallest absolute Gasteiger partial charge is 0.142 e. The molecular weight excluding hydrogens is 180 g/mol. The second-order valence-electron chi connectivity index (χ2n) is 4.00.